The molecule has 1 aromatic carbocycles. The number of nitrogens with zero attached hydrogens (tertiary/aromatic N) is 4. The van der Waals surface area contributed by atoms with E-state index in [0.29, 0.717) is 58.2 Å². The number of amides is 2. The maximum Gasteiger partial charge on any atom is 0.249 e. The molecule has 0 saturated carbocycles. The predicted octanol–water partition coefficient (Wildman–Crippen LogP) is 0.271. The molecule has 1 fully saturated rings. The third-order valence-electron chi connectivity index (χ3n) is 8.95. The minimum atomic E-state index is -2.08. The maximum absolute atomic E-state index is 13.5. The molecule has 3 atom stereocenters. The van der Waals surface area contributed by atoms with Crippen LogP contribution in [0.15, 0.2) is 79.1 Å². The standard InChI is InChI=1S/C38H50N6O6.CH2O3.Re/c45-35(19-7-11-25-43(27-30-15-4-8-22-39-30)28-31-16-5-9-23-40-31)41-24-10-6-17-32(36(46)44-26-12-18-34(44)38(49)50)42-33(37(47)48)21-20-29-13-2-1-3-14-29;2-1(3)4;/h1-5,8-9,13-16,22-23,32-34,42H,6-7,10-12,17-21,24-28H2,(H,41,45)(H,47,48)(H,49,50);(H2,2,3,4);/p-3/t32-,33-,34-;;/m0../s1/i;;1+0. The molecule has 3 aromatic rings. The van der Waals surface area contributed by atoms with Crippen molar-refractivity contribution in [2.24, 2.45) is 0 Å². The van der Waals surface area contributed by atoms with Gasteiger partial charge >= 0.3 is 0 Å². The molecule has 3 N–H and O–H groups in total. The number of unbranched alkanes of at least 4 members (excludes halogenated alkanes) is 2. The molecule has 3 heterocycles. The van der Waals surface area contributed by atoms with Gasteiger partial charge in [0.15, 0.2) is 0 Å². The molecule has 2 aromatic heterocycles. The van der Waals surface area contributed by atoms with Gasteiger partial charge in [-0.1, -0.05) is 42.5 Å². The summed E-state index contributed by atoms with van der Waals surface area (Å²) in [5.41, 5.74) is 2.91. The van der Waals surface area contributed by atoms with E-state index >= 15 is 0 Å². The number of likely N-dealkylation sites (tertiary alicyclic amines) is 1. The molecule has 1 aliphatic rings. The number of benzene rings is 1. The summed E-state index contributed by atoms with van der Waals surface area (Å²) in [6.45, 7) is 2.84. The number of hydrogen-bond donors (Lipinski definition) is 3. The first-order valence-corrected chi connectivity index (χ1v) is 18.2. The number of aromatic nitrogens is 2. The van der Waals surface area contributed by atoms with Gasteiger partial charge in [-0.2, -0.15) is 0 Å². The Labute approximate surface area is 335 Å². The molecule has 55 heavy (non-hydrogen) atoms. The fraction of sp³-hybridized carbons (Fsp3) is 0.462. The van der Waals surface area contributed by atoms with Crippen molar-refractivity contribution in [1.29, 1.82) is 0 Å². The van der Waals surface area contributed by atoms with E-state index in [1.165, 1.54) is 4.90 Å². The van der Waals surface area contributed by atoms with Crippen molar-refractivity contribution in [3.63, 3.8) is 0 Å². The Morgan fingerprint density at radius 2 is 1.44 bits per heavy atom. The number of aryl methyl sites for hydroxylation is 1. The van der Waals surface area contributed by atoms with Gasteiger partial charge in [0.1, 0.15) is 0 Å². The first-order valence-electron chi connectivity index (χ1n) is 18.2. The van der Waals surface area contributed by atoms with Crippen molar-refractivity contribution in [3.8, 4) is 0 Å². The van der Waals surface area contributed by atoms with E-state index in [1.54, 1.807) is 12.4 Å². The number of carboxylic acid groups (broad SMARTS) is 4. The van der Waals surface area contributed by atoms with E-state index in [9.17, 15) is 29.4 Å². The minimum absolute atomic E-state index is 0. The summed E-state index contributed by atoms with van der Waals surface area (Å²) in [7, 11) is 0. The van der Waals surface area contributed by atoms with Gasteiger partial charge in [-0.25, -0.2) is 0 Å². The molecule has 15 nitrogen and oxygen atoms in total. The number of carboxylic acids is 2. The monoisotopic (exact) mass is 931 g/mol. The second-order valence-corrected chi connectivity index (χ2v) is 13.0. The van der Waals surface area contributed by atoms with Gasteiger partial charge in [-0.15, -0.1) is 0 Å². The van der Waals surface area contributed by atoms with E-state index in [0.717, 1.165) is 36.3 Å². The summed E-state index contributed by atoms with van der Waals surface area (Å²) in [5.74, 6) is -3.14. The van der Waals surface area contributed by atoms with Crippen molar-refractivity contribution in [3.05, 3.63) is 96.1 Å². The molecule has 0 aliphatic carbocycles. The number of hydrogen-bond acceptors (Lipinski definition) is 12. The topological polar surface area (TPSA) is 231 Å². The molecule has 2 amide bonds. The van der Waals surface area contributed by atoms with Crippen molar-refractivity contribution in [2.75, 3.05) is 19.6 Å². The van der Waals surface area contributed by atoms with Crippen molar-refractivity contribution in [2.45, 2.75) is 95.4 Å². The maximum atomic E-state index is 13.5. The van der Waals surface area contributed by atoms with Crippen LogP contribution in [-0.2, 0) is 59.1 Å². The zero-order valence-corrected chi connectivity index (χ0v) is 33.4. The SMILES string of the molecule is O=C(CCCCN(Cc1ccccn1)Cc1ccccn1)NCCCC[C@H](N[C@@H](CCc1ccccc1)C(=O)[O-])C(=O)N1CCC[C@H]1C(=O)[O-].O=C([O-])O.[186Re]. The Bertz CT molecular complexity index is 1540. The molecule has 0 unspecified atom stereocenters. The van der Waals surface area contributed by atoms with E-state index in [-0.39, 0.29) is 45.7 Å². The first-order chi connectivity index (χ1) is 26.0. The van der Waals surface area contributed by atoms with Crippen LogP contribution in [0, 0.1) is 0 Å². The van der Waals surface area contributed by atoms with E-state index in [4.69, 9.17) is 15.0 Å². The average Bonchev–Trinajstić information content (AvgIpc) is 3.65. The summed E-state index contributed by atoms with van der Waals surface area (Å²) < 4.78 is 0. The molecule has 1 saturated heterocycles. The summed E-state index contributed by atoms with van der Waals surface area (Å²) >= 11 is 0. The zero-order valence-electron chi connectivity index (χ0n) is 30.7. The molecule has 299 valence electrons. The Morgan fingerprint density at radius 1 is 0.818 bits per heavy atom. The van der Waals surface area contributed by atoms with Gasteiger partial charge in [-0.05, 0) is 94.2 Å². The minimum Gasteiger partial charge on any atom is -0.565 e. The molecule has 0 spiro atoms. The summed E-state index contributed by atoms with van der Waals surface area (Å²) in [5, 5.41) is 45.0. The predicted molar refractivity (Wildman–Crippen MR) is 192 cm³/mol. The van der Waals surface area contributed by atoms with Gasteiger partial charge in [0.05, 0.1) is 35.4 Å². The molecular formula is C39H49N6O9Re-3. The van der Waals surface area contributed by atoms with Crippen LogP contribution in [0.4, 0.5) is 4.79 Å². The van der Waals surface area contributed by atoms with Gasteiger partial charge in [0, 0.05) is 71.5 Å². The molecule has 16 heteroatoms. The van der Waals surface area contributed by atoms with Gasteiger partial charge in [-0.3, -0.25) is 29.8 Å². The van der Waals surface area contributed by atoms with Gasteiger partial charge in [0.25, 0.3) is 0 Å². The largest absolute Gasteiger partial charge is 0.565 e. The third-order valence-corrected chi connectivity index (χ3v) is 8.95. The van der Waals surface area contributed by atoms with Crippen LogP contribution in [0.3, 0.4) is 0 Å². The van der Waals surface area contributed by atoms with Crippen LogP contribution in [-0.4, -0.2) is 92.5 Å². The number of carbonyl (C=O) groups excluding carboxylic acids is 4. The Hall–Kier alpha value is -4.75. The second-order valence-electron chi connectivity index (χ2n) is 13.0. The number of carbonyl (C=O) groups is 5. The van der Waals surface area contributed by atoms with E-state index in [2.05, 4.69) is 25.5 Å². The van der Waals surface area contributed by atoms with Crippen LogP contribution >= 0.6 is 0 Å². The second kappa shape index (κ2) is 26.1. The van der Waals surface area contributed by atoms with Crippen LogP contribution in [0.1, 0.15) is 74.7 Å². The molecule has 1 radical (unpaired) electrons. The van der Waals surface area contributed by atoms with Crippen LogP contribution in [0.25, 0.3) is 0 Å². The fourth-order valence-corrected chi connectivity index (χ4v) is 6.29. The number of nitrogens with one attached hydrogen (secondary N) is 2. The van der Waals surface area contributed by atoms with Gasteiger partial charge in [0.2, 0.25) is 18.0 Å². The van der Waals surface area contributed by atoms with Crippen molar-refractivity contribution >= 4 is 29.9 Å². The number of rotatable bonds is 22. The van der Waals surface area contributed by atoms with E-state index in [1.807, 2.05) is 66.7 Å². The van der Waals surface area contributed by atoms with Crippen LogP contribution < -0.4 is 26.0 Å². The quantitative estimate of drug-likeness (QED) is 0.115. The molecule has 4 rings (SSSR count). The Morgan fingerprint density at radius 3 is 2.00 bits per heavy atom. The molecule has 1 aliphatic heterocycles. The first kappa shape index (κ1) is 46.4. The normalized spacial score (nSPS) is 14.5. The van der Waals surface area contributed by atoms with Crippen LogP contribution in [0.2, 0.25) is 0 Å². The smallest absolute Gasteiger partial charge is 0.249 e. The van der Waals surface area contributed by atoms with Gasteiger partial charge < -0.3 is 45.0 Å². The van der Waals surface area contributed by atoms with Crippen LogP contribution in [0.5, 0.6) is 0 Å². The average molecular weight is 932 g/mol. The Kier molecular flexibility index (Phi) is 22.0. The number of aliphatic carboxylic acids is 2. The Balaban J connectivity index is 0.00000199. The summed E-state index contributed by atoms with van der Waals surface area (Å²) in [4.78, 5) is 70.8. The van der Waals surface area contributed by atoms with Crippen molar-refractivity contribution < 1.29 is 64.8 Å². The number of pyridine rings is 2. The van der Waals surface area contributed by atoms with E-state index < -0.39 is 42.1 Å². The third kappa shape index (κ3) is 18.4. The zero-order chi connectivity index (χ0) is 39.1. The fourth-order valence-electron chi connectivity index (χ4n) is 6.29. The summed E-state index contributed by atoms with van der Waals surface area (Å²) in [6.07, 6.45) is 6.30. The molecule has 0 bridgehead atoms. The molecular weight excluding hydrogens is 882 g/mol. The summed E-state index contributed by atoms with van der Waals surface area (Å²) in [6, 6.07) is 18.1. The van der Waals surface area contributed by atoms with Crippen molar-refractivity contribution in [1.82, 2.24) is 30.4 Å².